The van der Waals surface area contributed by atoms with Gasteiger partial charge in [0.1, 0.15) is 0 Å². The lowest BCUT2D eigenvalue weighted by molar-refractivity contribution is 0.239. The van der Waals surface area contributed by atoms with Crippen LogP contribution in [0.3, 0.4) is 0 Å². The Bertz CT molecular complexity index is 1430. The number of carbonyl (C=O) groups excluding carboxylic acids is 1. The van der Waals surface area contributed by atoms with Gasteiger partial charge in [-0.3, -0.25) is 15.2 Å². The quantitative estimate of drug-likeness (QED) is 0.555. The minimum atomic E-state index is -2.56. The first kappa shape index (κ1) is 22.4. The Labute approximate surface area is 196 Å². The standard InChI is InChI=1S/C23H20N6O2S2/c1-15-11-19(12-16(2)26-15)21-20(18-6-4-5-17(13-18)14-24)27-22(32-21)28-23(30)29-7-9-33(31,25-3)10-8-29/h4-13H,1-3H3,(H,27,28,30). The molecule has 0 aliphatic carbocycles. The van der Waals surface area contributed by atoms with E-state index in [2.05, 4.69) is 25.7 Å². The summed E-state index contributed by atoms with van der Waals surface area (Å²) < 4.78 is 16.1. The zero-order valence-corrected chi connectivity index (χ0v) is 19.8. The third kappa shape index (κ3) is 4.84. The van der Waals surface area contributed by atoms with E-state index in [-0.39, 0.29) is 0 Å². The molecule has 2 amide bonds. The summed E-state index contributed by atoms with van der Waals surface area (Å²) >= 11 is 1.33. The van der Waals surface area contributed by atoms with Crippen LogP contribution in [0.2, 0.25) is 0 Å². The molecule has 2 aromatic heterocycles. The van der Waals surface area contributed by atoms with Crippen molar-refractivity contribution in [2.24, 2.45) is 4.36 Å². The largest absolute Gasteiger partial charge is 0.331 e. The summed E-state index contributed by atoms with van der Waals surface area (Å²) in [6.07, 6.45) is 2.85. The van der Waals surface area contributed by atoms with E-state index in [4.69, 9.17) is 0 Å². The van der Waals surface area contributed by atoms with Gasteiger partial charge in [0.05, 0.1) is 31.9 Å². The predicted octanol–water partition coefficient (Wildman–Crippen LogP) is 5.25. The van der Waals surface area contributed by atoms with Crippen molar-refractivity contribution in [3.63, 3.8) is 0 Å². The normalized spacial score (nSPS) is 14.1. The molecular formula is C23H20N6O2S2. The van der Waals surface area contributed by atoms with Crippen molar-refractivity contribution in [3.05, 3.63) is 76.6 Å². The van der Waals surface area contributed by atoms with Gasteiger partial charge < -0.3 is 0 Å². The van der Waals surface area contributed by atoms with Crippen molar-refractivity contribution in [1.29, 1.82) is 5.26 Å². The third-order valence-corrected chi connectivity index (χ3v) is 7.42. The second kappa shape index (κ2) is 8.97. The maximum atomic E-state index is 12.8. The van der Waals surface area contributed by atoms with E-state index in [0.717, 1.165) is 27.4 Å². The van der Waals surface area contributed by atoms with E-state index in [1.807, 2.05) is 32.0 Å². The van der Waals surface area contributed by atoms with Crippen LogP contribution in [0.25, 0.3) is 21.7 Å². The highest BCUT2D eigenvalue weighted by Gasteiger charge is 2.20. The number of aryl methyl sites for hydroxylation is 2. The predicted molar refractivity (Wildman–Crippen MR) is 131 cm³/mol. The summed E-state index contributed by atoms with van der Waals surface area (Å²) in [5, 5.41) is 15.3. The van der Waals surface area contributed by atoms with Crippen LogP contribution in [-0.4, -0.2) is 32.2 Å². The van der Waals surface area contributed by atoms with Gasteiger partial charge in [0.25, 0.3) is 0 Å². The van der Waals surface area contributed by atoms with Crippen molar-refractivity contribution in [3.8, 4) is 27.8 Å². The number of nitrogens with zero attached hydrogens (tertiary/aromatic N) is 5. The number of pyridine rings is 1. The number of aromatic nitrogens is 2. The van der Waals surface area contributed by atoms with Crippen LogP contribution < -0.4 is 5.32 Å². The first-order valence-electron chi connectivity index (χ1n) is 9.88. The fourth-order valence-electron chi connectivity index (χ4n) is 3.28. The molecule has 33 heavy (non-hydrogen) atoms. The van der Waals surface area contributed by atoms with Gasteiger partial charge in [-0.05, 0) is 43.7 Å². The second-order valence-corrected chi connectivity index (χ2v) is 10.4. The van der Waals surface area contributed by atoms with Crippen molar-refractivity contribution in [1.82, 2.24) is 14.9 Å². The van der Waals surface area contributed by atoms with E-state index >= 15 is 0 Å². The molecule has 1 aliphatic heterocycles. The molecule has 1 N–H and O–H groups in total. The van der Waals surface area contributed by atoms with Gasteiger partial charge >= 0.3 is 6.03 Å². The minimum absolute atomic E-state index is 0.396. The number of nitrogens with one attached hydrogen (secondary N) is 1. The molecule has 1 aromatic carbocycles. The smallest absolute Gasteiger partial charge is 0.283 e. The fourth-order valence-corrected chi connectivity index (χ4v) is 5.19. The fraction of sp³-hybridized carbons (Fsp3) is 0.130. The van der Waals surface area contributed by atoms with Crippen LogP contribution in [0.4, 0.5) is 9.93 Å². The maximum absolute atomic E-state index is 12.8. The van der Waals surface area contributed by atoms with Crippen LogP contribution in [0, 0.1) is 25.2 Å². The molecule has 3 aromatic rings. The average molecular weight is 477 g/mol. The van der Waals surface area contributed by atoms with Gasteiger partial charge in [0.15, 0.2) is 5.13 Å². The Morgan fingerprint density at radius 3 is 2.45 bits per heavy atom. The third-order valence-electron chi connectivity index (χ3n) is 4.80. The Hall–Kier alpha value is -3.81. The van der Waals surface area contributed by atoms with Gasteiger partial charge in [-0.1, -0.05) is 23.5 Å². The molecule has 0 spiro atoms. The number of anilines is 1. The number of urea groups is 1. The van der Waals surface area contributed by atoms with Gasteiger partial charge in [-0.25, -0.2) is 18.4 Å². The van der Waals surface area contributed by atoms with Crippen molar-refractivity contribution < 1.29 is 9.00 Å². The molecule has 166 valence electrons. The molecule has 4 rings (SSSR count). The van der Waals surface area contributed by atoms with E-state index < -0.39 is 15.8 Å². The molecule has 8 nitrogen and oxygen atoms in total. The zero-order chi connectivity index (χ0) is 23.6. The molecule has 0 atom stereocenters. The average Bonchev–Trinajstić information content (AvgIpc) is 3.23. The molecule has 0 bridgehead atoms. The summed E-state index contributed by atoms with van der Waals surface area (Å²) in [6.45, 7) is 3.84. The monoisotopic (exact) mass is 476 g/mol. The number of amides is 2. The highest BCUT2D eigenvalue weighted by Crippen LogP contribution is 2.39. The Morgan fingerprint density at radius 1 is 1.12 bits per heavy atom. The van der Waals surface area contributed by atoms with Crippen LogP contribution in [0.5, 0.6) is 0 Å². The summed E-state index contributed by atoms with van der Waals surface area (Å²) in [5.74, 6) is 0. The van der Waals surface area contributed by atoms with E-state index in [1.54, 1.807) is 18.2 Å². The molecule has 0 saturated carbocycles. The SMILES string of the molecule is CN=S1(=O)C=CN(C(=O)Nc2nc(-c3cccc(C#N)c3)c(-c3cc(C)nc(C)c3)s2)C=C1. The Morgan fingerprint density at radius 2 is 1.82 bits per heavy atom. The number of nitriles is 1. The van der Waals surface area contributed by atoms with Crippen molar-refractivity contribution in [2.75, 3.05) is 12.4 Å². The number of carbonyl (C=O) groups is 1. The van der Waals surface area contributed by atoms with Crippen LogP contribution in [0.1, 0.15) is 17.0 Å². The lowest BCUT2D eigenvalue weighted by Gasteiger charge is -2.16. The zero-order valence-electron chi connectivity index (χ0n) is 18.1. The van der Waals surface area contributed by atoms with Gasteiger partial charge in [-0.2, -0.15) is 5.26 Å². The number of thiazole rings is 1. The van der Waals surface area contributed by atoms with E-state index in [1.165, 1.54) is 46.5 Å². The Balaban J connectivity index is 1.73. The first-order chi connectivity index (χ1) is 15.8. The molecule has 0 radical (unpaired) electrons. The lowest BCUT2D eigenvalue weighted by atomic mass is 10.0. The van der Waals surface area contributed by atoms with Crippen molar-refractivity contribution in [2.45, 2.75) is 13.8 Å². The summed E-state index contributed by atoms with van der Waals surface area (Å²) in [6, 6.07) is 12.8. The molecule has 1 aliphatic rings. The van der Waals surface area contributed by atoms with Gasteiger partial charge in [-0.15, -0.1) is 0 Å². The van der Waals surface area contributed by atoms with Crippen molar-refractivity contribution >= 4 is 32.2 Å². The van der Waals surface area contributed by atoms with Crippen LogP contribution in [-0.2, 0) is 9.73 Å². The summed E-state index contributed by atoms with van der Waals surface area (Å²) in [7, 11) is -1.09. The second-order valence-electron chi connectivity index (χ2n) is 7.23. The molecular weight excluding hydrogens is 456 g/mol. The maximum Gasteiger partial charge on any atom is 0.331 e. The van der Waals surface area contributed by atoms with Gasteiger partial charge in [0, 0.05) is 47.2 Å². The minimum Gasteiger partial charge on any atom is -0.283 e. The Kier molecular flexibility index (Phi) is 6.09. The summed E-state index contributed by atoms with van der Waals surface area (Å²) in [5.41, 5.74) is 4.62. The molecule has 10 heteroatoms. The summed E-state index contributed by atoms with van der Waals surface area (Å²) in [4.78, 5) is 24.0. The number of rotatable bonds is 3. The lowest BCUT2D eigenvalue weighted by Crippen LogP contribution is -2.27. The molecule has 0 unspecified atom stereocenters. The number of hydrogen-bond donors (Lipinski definition) is 1. The number of benzene rings is 1. The van der Waals surface area contributed by atoms with Crippen LogP contribution >= 0.6 is 11.3 Å². The van der Waals surface area contributed by atoms with Gasteiger partial charge in [0.2, 0.25) is 0 Å². The van der Waals surface area contributed by atoms with E-state index in [9.17, 15) is 14.3 Å². The first-order valence-corrected chi connectivity index (χ1v) is 12.3. The molecule has 0 saturated heterocycles. The molecule has 0 fully saturated rings. The van der Waals surface area contributed by atoms with Crippen LogP contribution in [0.15, 0.2) is 64.0 Å². The highest BCUT2D eigenvalue weighted by atomic mass is 32.2. The van der Waals surface area contributed by atoms with E-state index in [0.29, 0.717) is 16.4 Å². The number of hydrogen-bond acceptors (Lipinski definition) is 7. The topological polar surface area (TPSA) is 111 Å². The highest BCUT2D eigenvalue weighted by molar-refractivity contribution is 7.99. The molecule has 3 heterocycles.